The van der Waals surface area contributed by atoms with E-state index in [-0.39, 0.29) is 12.5 Å². The zero-order chi connectivity index (χ0) is 23.9. The van der Waals surface area contributed by atoms with Crippen molar-refractivity contribution in [3.05, 3.63) is 83.3 Å². The van der Waals surface area contributed by atoms with Gasteiger partial charge < -0.3 is 19.6 Å². The summed E-state index contributed by atoms with van der Waals surface area (Å²) in [7, 11) is 0. The minimum atomic E-state index is -0.879. The zero-order valence-corrected chi connectivity index (χ0v) is 19.2. The number of aromatic nitrogens is 2. The molecule has 1 fully saturated rings. The first-order chi connectivity index (χ1) is 16.5. The number of nitrogens with zero attached hydrogens (tertiary/aromatic N) is 4. The van der Waals surface area contributed by atoms with E-state index in [1.165, 1.54) is 11.1 Å². The minimum absolute atomic E-state index is 0.0438. The summed E-state index contributed by atoms with van der Waals surface area (Å²) in [6.07, 6.45) is 4.76. The van der Waals surface area contributed by atoms with Gasteiger partial charge in [-0.1, -0.05) is 18.2 Å². The van der Waals surface area contributed by atoms with Crippen molar-refractivity contribution < 1.29 is 19.4 Å². The normalized spacial score (nSPS) is 13.6. The maximum atomic E-state index is 12.6. The van der Waals surface area contributed by atoms with E-state index in [1.807, 2.05) is 42.6 Å². The van der Waals surface area contributed by atoms with Crippen LogP contribution in [0.15, 0.2) is 60.9 Å². The van der Waals surface area contributed by atoms with Gasteiger partial charge in [0.05, 0.1) is 6.42 Å². The van der Waals surface area contributed by atoms with E-state index >= 15 is 0 Å². The molecule has 176 valence electrons. The lowest BCUT2D eigenvalue weighted by Gasteiger charge is -2.34. The maximum absolute atomic E-state index is 12.6. The van der Waals surface area contributed by atoms with Crippen LogP contribution in [0, 0.1) is 6.92 Å². The van der Waals surface area contributed by atoms with Crippen molar-refractivity contribution in [3.63, 3.8) is 0 Å². The number of hydrogen-bond acceptors (Lipinski definition) is 6. The van der Waals surface area contributed by atoms with Gasteiger partial charge in [0.15, 0.2) is 0 Å². The molecular weight excluding hydrogens is 432 g/mol. The Morgan fingerprint density at radius 2 is 1.68 bits per heavy atom. The third kappa shape index (κ3) is 6.31. The second-order valence-electron chi connectivity index (χ2n) is 8.41. The zero-order valence-electron chi connectivity index (χ0n) is 19.2. The number of hydrogen-bond donors (Lipinski definition) is 1. The molecule has 3 heterocycles. The molecule has 1 N–H and O–H groups in total. The van der Waals surface area contributed by atoms with E-state index in [2.05, 4.69) is 27.9 Å². The summed E-state index contributed by atoms with van der Waals surface area (Å²) in [5.41, 5.74) is 4.11. The van der Waals surface area contributed by atoms with E-state index in [0.29, 0.717) is 37.5 Å². The highest BCUT2D eigenvalue weighted by atomic mass is 16.6. The molecule has 8 heteroatoms. The Morgan fingerprint density at radius 3 is 2.32 bits per heavy atom. The fourth-order valence-corrected chi connectivity index (χ4v) is 3.90. The second-order valence-corrected chi connectivity index (χ2v) is 8.41. The van der Waals surface area contributed by atoms with Gasteiger partial charge in [0.1, 0.15) is 11.6 Å². The Kier molecular flexibility index (Phi) is 7.37. The number of carboxylic acids is 1. The molecule has 0 aliphatic carbocycles. The molecule has 0 spiro atoms. The van der Waals surface area contributed by atoms with Gasteiger partial charge in [-0.2, -0.15) is 0 Å². The third-order valence-corrected chi connectivity index (χ3v) is 5.80. The summed E-state index contributed by atoms with van der Waals surface area (Å²) >= 11 is 0. The van der Waals surface area contributed by atoms with Crippen LogP contribution >= 0.6 is 0 Å². The highest BCUT2D eigenvalue weighted by molar-refractivity contribution is 5.71. The Morgan fingerprint density at radius 1 is 0.941 bits per heavy atom. The SMILES string of the molecule is Cc1ccnc(CCc2ccc(OC(=O)N3CCN(c4ccc(CC(=O)O)cn4)CC3)cc2)c1. The van der Waals surface area contributed by atoms with E-state index < -0.39 is 5.97 Å². The molecule has 2 aromatic heterocycles. The smallest absolute Gasteiger partial charge is 0.415 e. The summed E-state index contributed by atoms with van der Waals surface area (Å²) in [5.74, 6) is 0.426. The maximum Gasteiger partial charge on any atom is 0.415 e. The number of benzene rings is 1. The molecule has 1 saturated heterocycles. The summed E-state index contributed by atoms with van der Waals surface area (Å²) in [5, 5.41) is 8.87. The topological polar surface area (TPSA) is 95.9 Å². The number of ether oxygens (including phenoxy) is 1. The monoisotopic (exact) mass is 460 g/mol. The second kappa shape index (κ2) is 10.8. The predicted octanol–water partition coefficient (Wildman–Crippen LogP) is 3.52. The lowest BCUT2D eigenvalue weighted by atomic mass is 10.1. The molecule has 4 rings (SSSR count). The van der Waals surface area contributed by atoms with E-state index in [4.69, 9.17) is 9.84 Å². The molecular formula is C26H28N4O4. The Hall–Kier alpha value is -3.94. The number of carbonyl (C=O) groups is 2. The average molecular weight is 461 g/mol. The van der Waals surface area contributed by atoms with Crippen molar-refractivity contribution in [1.82, 2.24) is 14.9 Å². The van der Waals surface area contributed by atoms with Crippen LogP contribution in [-0.4, -0.2) is 58.2 Å². The largest absolute Gasteiger partial charge is 0.481 e. The number of pyridine rings is 2. The van der Waals surface area contributed by atoms with Crippen LogP contribution in [0.2, 0.25) is 0 Å². The lowest BCUT2D eigenvalue weighted by Crippen LogP contribution is -2.49. The van der Waals surface area contributed by atoms with Crippen LogP contribution < -0.4 is 9.64 Å². The van der Waals surface area contributed by atoms with Gasteiger partial charge >= 0.3 is 12.1 Å². The van der Waals surface area contributed by atoms with E-state index in [9.17, 15) is 9.59 Å². The average Bonchev–Trinajstić information content (AvgIpc) is 2.84. The van der Waals surface area contributed by atoms with Gasteiger partial charge in [-0.3, -0.25) is 9.78 Å². The van der Waals surface area contributed by atoms with Crippen molar-refractivity contribution in [2.24, 2.45) is 0 Å². The van der Waals surface area contributed by atoms with Crippen molar-refractivity contribution in [2.75, 3.05) is 31.1 Å². The number of aryl methyl sites for hydroxylation is 3. The fraction of sp³-hybridized carbons (Fsp3) is 0.308. The Bertz CT molecular complexity index is 1120. The van der Waals surface area contributed by atoms with Gasteiger partial charge in [-0.15, -0.1) is 0 Å². The molecule has 0 saturated carbocycles. The molecule has 8 nitrogen and oxygen atoms in total. The fourth-order valence-electron chi connectivity index (χ4n) is 3.90. The van der Waals surface area contributed by atoms with E-state index in [1.54, 1.807) is 17.2 Å². The van der Waals surface area contributed by atoms with Crippen molar-refractivity contribution in [1.29, 1.82) is 0 Å². The Labute approximate surface area is 198 Å². The van der Waals surface area contributed by atoms with Crippen LogP contribution in [0.5, 0.6) is 5.75 Å². The highest BCUT2D eigenvalue weighted by Crippen LogP contribution is 2.18. The summed E-state index contributed by atoms with van der Waals surface area (Å²) in [4.78, 5) is 35.9. The minimum Gasteiger partial charge on any atom is -0.481 e. The number of amides is 1. The summed E-state index contributed by atoms with van der Waals surface area (Å²) in [6.45, 7) is 4.38. The number of anilines is 1. The molecule has 0 unspecified atom stereocenters. The van der Waals surface area contributed by atoms with Crippen molar-refractivity contribution in [3.8, 4) is 5.75 Å². The van der Waals surface area contributed by atoms with Crippen LogP contribution in [0.25, 0.3) is 0 Å². The predicted molar refractivity (Wildman–Crippen MR) is 128 cm³/mol. The van der Waals surface area contributed by atoms with Gasteiger partial charge in [0, 0.05) is 44.3 Å². The standard InChI is InChI=1S/C26H28N4O4/c1-19-10-11-27-22(16-19)6-2-20-3-7-23(8-4-20)34-26(33)30-14-12-29(13-15-30)24-9-5-21(18-28-24)17-25(31)32/h3-5,7-11,16,18H,2,6,12-15,17H2,1H3,(H,31,32). The molecule has 1 aromatic carbocycles. The summed E-state index contributed by atoms with van der Waals surface area (Å²) in [6, 6.07) is 15.3. The third-order valence-electron chi connectivity index (χ3n) is 5.80. The molecule has 34 heavy (non-hydrogen) atoms. The van der Waals surface area contributed by atoms with Crippen molar-refractivity contribution in [2.45, 2.75) is 26.2 Å². The van der Waals surface area contributed by atoms with Gasteiger partial charge in [-0.25, -0.2) is 9.78 Å². The van der Waals surface area contributed by atoms with Crippen LogP contribution in [0.1, 0.15) is 22.4 Å². The summed E-state index contributed by atoms with van der Waals surface area (Å²) < 4.78 is 5.57. The van der Waals surface area contributed by atoms with Gasteiger partial charge in [0.2, 0.25) is 0 Å². The molecule has 1 aliphatic heterocycles. The van der Waals surface area contributed by atoms with Crippen LogP contribution in [-0.2, 0) is 24.1 Å². The molecule has 1 amide bonds. The van der Waals surface area contributed by atoms with Crippen LogP contribution in [0.4, 0.5) is 10.6 Å². The molecule has 3 aromatic rings. The van der Waals surface area contributed by atoms with Gasteiger partial charge in [-0.05, 0) is 66.8 Å². The molecule has 0 radical (unpaired) electrons. The van der Waals surface area contributed by atoms with E-state index in [0.717, 1.165) is 24.4 Å². The number of carbonyl (C=O) groups excluding carboxylic acids is 1. The number of carboxylic acid groups (broad SMARTS) is 1. The molecule has 0 bridgehead atoms. The first-order valence-corrected chi connectivity index (χ1v) is 11.4. The molecule has 1 aliphatic rings. The number of rotatable bonds is 7. The lowest BCUT2D eigenvalue weighted by molar-refractivity contribution is -0.136. The quantitative estimate of drug-likeness (QED) is 0.576. The van der Waals surface area contributed by atoms with Crippen molar-refractivity contribution >= 4 is 17.9 Å². The Balaban J connectivity index is 1.24. The van der Waals surface area contributed by atoms with Gasteiger partial charge in [0.25, 0.3) is 0 Å². The number of piperazine rings is 1. The first kappa shape index (κ1) is 23.2. The molecule has 0 atom stereocenters. The highest BCUT2D eigenvalue weighted by Gasteiger charge is 2.23. The number of aliphatic carboxylic acids is 1. The first-order valence-electron chi connectivity index (χ1n) is 11.4. The van der Waals surface area contributed by atoms with Crippen LogP contribution in [0.3, 0.4) is 0 Å².